The van der Waals surface area contributed by atoms with Gasteiger partial charge in [0.25, 0.3) is 5.91 Å². The molecule has 0 unspecified atom stereocenters. The first-order valence-electron chi connectivity index (χ1n) is 12.1. The van der Waals surface area contributed by atoms with E-state index in [9.17, 15) is 9.59 Å². The lowest BCUT2D eigenvalue weighted by Gasteiger charge is -2.42. The highest BCUT2D eigenvalue weighted by Gasteiger charge is 2.41. The summed E-state index contributed by atoms with van der Waals surface area (Å²) in [6.45, 7) is 5.34. The van der Waals surface area contributed by atoms with Crippen LogP contribution in [-0.4, -0.2) is 53.5 Å². The van der Waals surface area contributed by atoms with E-state index in [0.29, 0.717) is 54.0 Å². The van der Waals surface area contributed by atoms with Crippen molar-refractivity contribution in [2.75, 3.05) is 26.7 Å². The summed E-state index contributed by atoms with van der Waals surface area (Å²) in [5, 5.41) is 4.53. The van der Waals surface area contributed by atoms with E-state index in [-0.39, 0.29) is 18.2 Å². The lowest BCUT2D eigenvalue weighted by atomic mass is 9.77. The molecule has 0 aliphatic carbocycles. The Morgan fingerprint density at radius 3 is 2.64 bits per heavy atom. The number of piperidine rings is 1. The van der Waals surface area contributed by atoms with Gasteiger partial charge in [0.2, 0.25) is 5.91 Å². The predicted molar refractivity (Wildman–Crippen MR) is 138 cm³/mol. The molecular weight excluding hydrogens is 478 g/mol. The van der Waals surface area contributed by atoms with Crippen LogP contribution in [0.2, 0.25) is 5.02 Å². The molecule has 2 aromatic carbocycles. The number of ether oxygens (including phenoxy) is 1. The van der Waals surface area contributed by atoms with E-state index in [2.05, 4.69) is 5.16 Å². The SMILES string of the molecule is Cc1noc(C)c1C(=O)N1CCC[C@@](COc2cccc(Cl)c2)(CC(=O)N(C)Cc2ccccc2)C1. The van der Waals surface area contributed by atoms with Crippen LogP contribution in [0.4, 0.5) is 0 Å². The number of aromatic nitrogens is 1. The van der Waals surface area contributed by atoms with Gasteiger partial charge in [-0.05, 0) is 50.5 Å². The number of rotatable bonds is 8. The minimum atomic E-state index is -0.544. The Labute approximate surface area is 217 Å². The molecule has 1 aliphatic heterocycles. The maximum atomic E-state index is 13.4. The van der Waals surface area contributed by atoms with Crippen LogP contribution in [0, 0.1) is 19.3 Å². The molecule has 1 aliphatic rings. The molecule has 1 fully saturated rings. The first kappa shape index (κ1) is 25.8. The van der Waals surface area contributed by atoms with Crippen LogP contribution >= 0.6 is 11.6 Å². The predicted octanol–water partition coefficient (Wildman–Crippen LogP) is 5.29. The smallest absolute Gasteiger partial charge is 0.259 e. The van der Waals surface area contributed by atoms with Crippen molar-refractivity contribution in [3.05, 3.63) is 82.2 Å². The maximum absolute atomic E-state index is 13.4. The van der Waals surface area contributed by atoms with Gasteiger partial charge < -0.3 is 19.1 Å². The van der Waals surface area contributed by atoms with Gasteiger partial charge in [0.15, 0.2) is 0 Å². The quantitative estimate of drug-likeness (QED) is 0.412. The standard InChI is InChI=1S/C28H32ClN3O4/c1-20-26(21(2)36-30-20)27(34)32-14-8-13-28(18-32,19-35-24-12-7-11-23(29)15-24)16-25(33)31(3)17-22-9-5-4-6-10-22/h4-7,9-12,15H,8,13-14,16-19H2,1-3H3/t28-/m1/s1. The second kappa shape index (κ2) is 11.2. The lowest BCUT2D eigenvalue weighted by Crippen LogP contribution is -2.50. The lowest BCUT2D eigenvalue weighted by molar-refractivity contribution is -0.134. The molecule has 8 heteroatoms. The molecule has 0 radical (unpaired) electrons. The number of amides is 2. The minimum Gasteiger partial charge on any atom is -0.493 e. The van der Waals surface area contributed by atoms with Crippen LogP contribution < -0.4 is 4.74 Å². The average Bonchev–Trinajstić information content (AvgIpc) is 3.21. The van der Waals surface area contributed by atoms with Crippen LogP contribution in [0.15, 0.2) is 59.1 Å². The molecule has 7 nitrogen and oxygen atoms in total. The largest absolute Gasteiger partial charge is 0.493 e. The van der Waals surface area contributed by atoms with E-state index < -0.39 is 5.41 Å². The molecule has 1 atom stereocenters. The van der Waals surface area contributed by atoms with E-state index >= 15 is 0 Å². The van der Waals surface area contributed by atoms with Crippen molar-refractivity contribution in [3.8, 4) is 5.75 Å². The number of hydrogen-bond donors (Lipinski definition) is 0. The summed E-state index contributed by atoms with van der Waals surface area (Å²) in [5.41, 5.74) is 1.59. The van der Waals surface area contributed by atoms with Gasteiger partial charge in [0.1, 0.15) is 17.1 Å². The molecule has 2 heterocycles. The summed E-state index contributed by atoms with van der Waals surface area (Å²) >= 11 is 6.15. The van der Waals surface area contributed by atoms with E-state index in [1.807, 2.05) is 54.4 Å². The van der Waals surface area contributed by atoms with E-state index in [1.54, 1.807) is 30.9 Å². The molecule has 2 amide bonds. The fourth-order valence-corrected chi connectivity index (χ4v) is 5.02. The molecule has 0 spiro atoms. The molecule has 4 rings (SSSR count). The summed E-state index contributed by atoms with van der Waals surface area (Å²) in [5.74, 6) is 1.03. The fraction of sp³-hybridized carbons (Fsp3) is 0.393. The monoisotopic (exact) mass is 509 g/mol. The fourth-order valence-electron chi connectivity index (χ4n) is 4.84. The zero-order valence-electron chi connectivity index (χ0n) is 21.0. The number of carbonyl (C=O) groups excluding carboxylic acids is 2. The number of benzene rings is 2. The number of nitrogens with zero attached hydrogens (tertiary/aromatic N) is 3. The van der Waals surface area contributed by atoms with Gasteiger partial charge in [-0.3, -0.25) is 9.59 Å². The van der Waals surface area contributed by atoms with Gasteiger partial charge in [-0.1, -0.05) is 53.2 Å². The van der Waals surface area contributed by atoms with Crippen LogP contribution in [-0.2, 0) is 11.3 Å². The molecule has 1 aromatic heterocycles. The molecule has 0 saturated carbocycles. The van der Waals surface area contributed by atoms with Gasteiger partial charge in [0.05, 0.1) is 12.3 Å². The summed E-state index contributed by atoms with van der Waals surface area (Å²) in [6, 6.07) is 17.1. The minimum absolute atomic E-state index is 0.0141. The topological polar surface area (TPSA) is 75.9 Å². The van der Waals surface area contributed by atoms with Crippen molar-refractivity contribution in [3.63, 3.8) is 0 Å². The Kier molecular flexibility index (Phi) is 7.99. The molecule has 0 N–H and O–H groups in total. The zero-order chi connectivity index (χ0) is 25.7. The highest BCUT2D eigenvalue weighted by molar-refractivity contribution is 6.30. The third kappa shape index (κ3) is 6.08. The van der Waals surface area contributed by atoms with Crippen molar-refractivity contribution in [2.45, 2.75) is 39.7 Å². The first-order chi connectivity index (χ1) is 17.3. The van der Waals surface area contributed by atoms with Gasteiger partial charge in [-0.25, -0.2) is 0 Å². The van der Waals surface area contributed by atoms with Crippen LogP contribution in [0.1, 0.15) is 46.6 Å². The van der Waals surface area contributed by atoms with Gasteiger partial charge in [-0.15, -0.1) is 0 Å². The van der Waals surface area contributed by atoms with Crippen molar-refractivity contribution in [1.29, 1.82) is 0 Å². The van der Waals surface area contributed by atoms with Crippen molar-refractivity contribution >= 4 is 23.4 Å². The molecule has 190 valence electrons. The Balaban J connectivity index is 1.55. The summed E-state index contributed by atoms with van der Waals surface area (Å²) in [7, 11) is 1.82. The third-order valence-electron chi connectivity index (χ3n) is 6.75. The number of likely N-dealkylation sites (tertiary alicyclic amines) is 1. The molecule has 1 saturated heterocycles. The van der Waals surface area contributed by atoms with Gasteiger partial charge in [-0.2, -0.15) is 0 Å². The normalized spacial score (nSPS) is 17.6. The van der Waals surface area contributed by atoms with Gasteiger partial charge in [0, 0.05) is 43.5 Å². The highest BCUT2D eigenvalue weighted by atomic mass is 35.5. The average molecular weight is 510 g/mol. The second-order valence-electron chi connectivity index (χ2n) is 9.69. The zero-order valence-corrected chi connectivity index (χ0v) is 21.8. The van der Waals surface area contributed by atoms with Crippen LogP contribution in [0.3, 0.4) is 0 Å². The Morgan fingerprint density at radius 1 is 1.17 bits per heavy atom. The Hall–Kier alpha value is -3.32. The maximum Gasteiger partial charge on any atom is 0.259 e. The van der Waals surface area contributed by atoms with E-state index in [1.165, 1.54) is 0 Å². The van der Waals surface area contributed by atoms with Crippen molar-refractivity contribution in [2.24, 2.45) is 5.41 Å². The molecule has 36 heavy (non-hydrogen) atoms. The number of aryl methyl sites for hydroxylation is 2. The Morgan fingerprint density at radius 2 is 1.94 bits per heavy atom. The van der Waals surface area contributed by atoms with Crippen molar-refractivity contribution in [1.82, 2.24) is 15.0 Å². The van der Waals surface area contributed by atoms with E-state index in [4.69, 9.17) is 20.9 Å². The number of carbonyl (C=O) groups is 2. The molecule has 0 bridgehead atoms. The molecular formula is C28H32ClN3O4. The number of hydrogen-bond acceptors (Lipinski definition) is 5. The van der Waals surface area contributed by atoms with Crippen molar-refractivity contribution < 1.29 is 18.8 Å². The molecule has 3 aromatic rings. The number of halogens is 1. The third-order valence-corrected chi connectivity index (χ3v) is 6.99. The summed E-state index contributed by atoms with van der Waals surface area (Å²) in [4.78, 5) is 30.4. The van der Waals surface area contributed by atoms with Gasteiger partial charge >= 0.3 is 0 Å². The summed E-state index contributed by atoms with van der Waals surface area (Å²) in [6.07, 6.45) is 1.80. The second-order valence-corrected chi connectivity index (χ2v) is 10.1. The first-order valence-corrected chi connectivity index (χ1v) is 12.5. The summed E-state index contributed by atoms with van der Waals surface area (Å²) < 4.78 is 11.4. The van der Waals surface area contributed by atoms with Crippen LogP contribution in [0.5, 0.6) is 5.75 Å². The van der Waals surface area contributed by atoms with E-state index in [0.717, 1.165) is 18.4 Å². The van der Waals surface area contributed by atoms with Crippen LogP contribution in [0.25, 0.3) is 0 Å². The Bertz CT molecular complexity index is 1190. The highest BCUT2D eigenvalue weighted by Crippen LogP contribution is 2.36.